The molecule has 34 heavy (non-hydrogen) atoms. The third-order valence-electron chi connectivity index (χ3n) is 5.65. The summed E-state index contributed by atoms with van der Waals surface area (Å²) >= 11 is 0. The van der Waals surface area contributed by atoms with E-state index in [-0.39, 0.29) is 42.1 Å². The second kappa shape index (κ2) is 9.67. The first-order valence-electron chi connectivity index (χ1n) is 10.8. The molecule has 1 aromatic heterocycles. The highest BCUT2D eigenvalue weighted by molar-refractivity contribution is 6.09. The average molecular weight is 468 g/mol. The molecule has 1 aliphatic rings. The number of allylic oxidation sites excluding steroid dienone is 1. The third kappa shape index (κ3) is 4.81. The fourth-order valence-corrected chi connectivity index (χ4v) is 4.06. The fraction of sp³-hybridized carbons (Fsp3) is 0.375. The summed E-state index contributed by atoms with van der Waals surface area (Å²) in [6.07, 6.45) is 1.16. The largest absolute Gasteiger partial charge is 0.395 e. The molecule has 1 atom stereocenters. The van der Waals surface area contributed by atoms with Crippen molar-refractivity contribution in [2.75, 3.05) is 13.2 Å². The predicted octanol–water partition coefficient (Wildman–Crippen LogP) is 1.68. The van der Waals surface area contributed by atoms with Crippen LogP contribution in [0, 0.1) is 18.3 Å². The molecule has 1 aromatic carbocycles. The number of nitrogens with zero attached hydrogens (tertiary/aromatic N) is 3. The van der Waals surface area contributed by atoms with Crippen molar-refractivity contribution in [1.82, 2.24) is 14.9 Å². The number of nitriles is 1. The Kier molecular flexibility index (Phi) is 7.09. The Bertz CT molecular complexity index is 1360. The van der Waals surface area contributed by atoms with Gasteiger partial charge in [0, 0.05) is 17.7 Å². The van der Waals surface area contributed by atoms with Gasteiger partial charge < -0.3 is 5.11 Å². The van der Waals surface area contributed by atoms with Gasteiger partial charge in [0.15, 0.2) is 0 Å². The Morgan fingerprint density at radius 1 is 1.35 bits per heavy atom. The fourth-order valence-electron chi connectivity index (χ4n) is 4.06. The second-order valence-electron chi connectivity index (χ2n) is 8.62. The highest BCUT2D eigenvalue weighted by Gasteiger charge is 2.35. The summed E-state index contributed by atoms with van der Waals surface area (Å²) in [5.74, 6) is -1.79. The number of aliphatic hydroxyl groups excluding tert-OH is 1. The molecule has 9 nitrogen and oxygen atoms in total. The molecule has 0 saturated carbocycles. The van der Waals surface area contributed by atoms with Gasteiger partial charge in [-0.05, 0) is 55.2 Å². The summed E-state index contributed by atoms with van der Waals surface area (Å²) in [7, 11) is 0. The molecule has 0 saturated heterocycles. The van der Waals surface area contributed by atoms with Crippen LogP contribution in [0.1, 0.15) is 59.4 Å². The lowest BCUT2D eigenvalue weighted by molar-refractivity contribution is 0.102. The molecule has 2 aromatic rings. The number of hydrogen-bond acceptors (Lipinski definition) is 7. The van der Waals surface area contributed by atoms with E-state index in [1.807, 2.05) is 6.07 Å². The van der Waals surface area contributed by atoms with Gasteiger partial charge in [-0.25, -0.2) is 9.79 Å². The molecule has 2 heterocycles. The molecule has 10 heteroatoms. The summed E-state index contributed by atoms with van der Waals surface area (Å²) in [6, 6.07) is 6.60. The maximum Gasteiger partial charge on any atom is 0.329 e. The number of rotatable bonds is 8. The lowest BCUT2D eigenvalue weighted by atomic mass is 9.94. The summed E-state index contributed by atoms with van der Waals surface area (Å²) < 4.78 is 15.3. The van der Waals surface area contributed by atoms with Crippen molar-refractivity contribution < 1.29 is 14.3 Å². The Hall–Kier alpha value is -3.68. The molecule has 0 aliphatic carbocycles. The van der Waals surface area contributed by atoms with Crippen molar-refractivity contribution in [2.45, 2.75) is 45.8 Å². The van der Waals surface area contributed by atoms with Crippen molar-refractivity contribution in [3.8, 4) is 6.07 Å². The van der Waals surface area contributed by atoms with Gasteiger partial charge in [-0.1, -0.05) is 13.8 Å². The number of halogens is 1. The van der Waals surface area contributed by atoms with Gasteiger partial charge in [0.05, 0.1) is 24.8 Å². The zero-order valence-electron chi connectivity index (χ0n) is 19.4. The van der Waals surface area contributed by atoms with Gasteiger partial charge in [-0.15, -0.1) is 0 Å². The van der Waals surface area contributed by atoms with Crippen LogP contribution >= 0.6 is 0 Å². The van der Waals surface area contributed by atoms with Crippen LogP contribution in [-0.2, 0) is 6.54 Å². The van der Waals surface area contributed by atoms with Gasteiger partial charge in [-0.3, -0.25) is 24.5 Å². The molecule has 1 unspecified atom stereocenters. The first kappa shape index (κ1) is 25.0. The molecule has 1 aliphatic heterocycles. The van der Waals surface area contributed by atoms with Crippen molar-refractivity contribution in [2.24, 2.45) is 4.99 Å². The minimum atomic E-state index is -1.25. The lowest BCUT2D eigenvalue weighted by Gasteiger charge is -2.27. The van der Waals surface area contributed by atoms with E-state index in [0.717, 1.165) is 10.6 Å². The maximum absolute atomic E-state index is 14.2. The highest BCUT2D eigenvalue weighted by Crippen LogP contribution is 2.28. The number of aliphatic imine (C=N–C) groups is 1. The van der Waals surface area contributed by atoms with Crippen molar-refractivity contribution in [3.63, 3.8) is 0 Å². The lowest BCUT2D eigenvalue weighted by Crippen LogP contribution is -2.45. The number of carbonyl (C=O) groups is 1. The van der Waals surface area contributed by atoms with Crippen molar-refractivity contribution in [3.05, 3.63) is 78.6 Å². The number of H-pyrrole nitrogens is 1. The Labute approximate surface area is 195 Å². The zero-order valence-corrected chi connectivity index (χ0v) is 19.4. The van der Waals surface area contributed by atoms with Crippen LogP contribution in [0.2, 0.25) is 0 Å². The number of aromatic amines is 1. The van der Waals surface area contributed by atoms with Gasteiger partial charge in [0.2, 0.25) is 11.7 Å². The third-order valence-corrected chi connectivity index (χ3v) is 5.65. The SMILES string of the molecule is Cc1cc(C#N)cc(C(=O)c2c(C(C)C)c(=O)[nH]c(=O)n2CC2=CC(F)=NC2(C)NCCO)c1. The quantitative estimate of drug-likeness (QED) is 0.505. The summed E-state index contributed by atoms with van der Waals surface area (Å²) in [6.45, 7) is 6.42. The second-order valence-corrected chi connectivity index (χ2v) is 8.62. The molecule has 178 valence electrons. The zero-order chi connectivity index (χ0) is 25.2. The Balaban J connectivity index is 2.23. The van der Waals surface area contributed by atoms with Gasteiger partial charge in [0.25, 0.3) is 5.56 Å². The van der Waals surface area contributed by atoms with Crippen LogP contribution in [0.4, 0.5) is 4.39 Å². The predicted molar refractivity (Wildman–Crippen MR) is 125 cm³/mol. The molecular formula is C24H26FN5O4. The standard InChI is InChI=1S/C24H26FN5O4/c1-13(2)19-20(21(32)16-8-14(3)7-15(9-16)11-26)30(23(34)28-22(19)33)12-17-10-18(25)29-24(17,4)27-5-6-31/h7-10,13,27,31H,5-6,12H2,1-4H3,(H,28,33,34). The monoisotopic (exact) mass is 467 g/mol. The Morgan fingerprint density at radius 3 is 2.68 bits per heavy atom. The highest BCUT2D eigenvalue weighted by atomic mass is 19.1. The number of benzene rings is 1. The minimum absolute atomic E-state index is 0.106. The molecular weight excluding hydrogens is 441 g/mol. The summed E-state index contributed by atoms with van der Waals surface area (Å²) in [4.78, 5) is 45.6. The number of ketones is 1. The number of aryl methyl sites for hydroxylation is 1. The number of carbonyl (C=O) groups excluding carboxylic acids is 1. The van der Waals surface area contributed by atoms with Crippen LogP contribution in [0.5, 0.6) is 0 Å². The topological polar surface area (TPSA) is 140 Å². The van der Waals surface area contributed by atoms with E-state index in [9.17, 15) is 29.1 Å². The molecule has 0 fully saturated rings. The molecule has 3 rings (SSSR count). The smallest absolute Gasteiger partial charge is 0.329 e. The van der Waals surface area contributed by atoms with E-state index in [0.29, 0.717) is 11.1 Å². The first-order valence-corrected chi connectivity index (χ1v) is 10.8. The molecule has 0 radical (unpaired) electrons. The van der Waals surface area contributed by atoms with Crippen LogP contribution in [0.15, 0.2) is 44.4 Å². The summed E-state index contributed by atoms with van der Waals surface area (Å²) in [5, 5.41) is 21.4. The molecule has 0 bridgehead atoms. The van der Waals surface area contributed by atoms with E-state index < -0.39 is 34.6 Å². The number of aliphatic hydroxyl groups is 1. The summed E-state index contributed by atoms with van der Waals surface area (Å²) in [5.41, 5.74) is -1.37. The first-order chi connectivity index (χ1) is 16.0. The Morgan fingerprint density at radius 2 is 2.06 bits per heavy atom. The van der Waals surface area contributed by atoms with Crippen molar-refractivity contribution in [1.29, 1.82) is 5.26 Å². The average Bonchev–Trinajstić information content (AvgIpc) is 3.05. The van der Waals surface area contributed by atoms with Crippen LogP contribution < -0.4 is 16.6 Å². The van der Waals surface area contributed by atoms with Crippen LogP contribution in [0.25, 0.3) is 0 Å². The van der Waals surface area contributed by atoms with Gasteiger partial charge >= 0.3 is 5.69 Å². The van der Waals surface area contributed by atoms with Crippen molar-refractivity contribution >= 4 is 11.7 Å². The normalized spacial score (nSPS) is 17.5. The van der Waals surface area contributed by atoms with E-state index in [1.165, 1.54) is 6.07 Å². The van der Waals surface area contributed by atoms with E-state index in [4.69, 9.17) is 0 Å². The van der Waals surface area contributed by atoms with E-state index in [2.05, 4.69) is 15.3 Å². The number of nitrogens with one attached hydrogen (secondary N) is 2. The van der Waals surface area contributed by atoms with Crippen LogP contribution in [0.3, 0.4) is 0 Å². The molecule has 0 amide bonds. The van der Waals surface area contributed by atoms with Gasteiger partial charge in [-0.2, -0.15) is 9.65 Å². The maximum atomic E-state index is 14.2. The van der Waals surface area contributed by atoms with Crippen LogP contribution in [-0.4, -0.2) is 45.2 Å². The van der Waals surface area contributed by atoms with Gasteiger partial charge in [0.1, 0.15) is 11.4 Å². The molecule has 0 spiro atoms. The van der Waals surface area contributed by atoms with E-state index >= 15 is 0 Å². The minimum Gasteiger partial charge on any atom is -0.395 e. The molecule has 3 N–H and O–H groups in total. The number of aromatic nitrogens is 2. The number of hydrogen-bond donors (Lipinski definition) is 3. The van der Waals surface area contributed by atoms with E-state index in [1.54, 1.807) is 39.8 Å².